The predicted octanol–water partition coefficient (Wildman–Crippen LogP) is 1.25. The molecule has 0 aliphatic carbocycles. The van der Waals surface area contributed by atoms with Crippen molar-refractivity contribution in [3.8, 4) is 0 Å². The van der Waals surface area contributed by atoms with E-state index in [1.54, 1.807) is 13.8 Å². The fourth-order valence-corrected chi connectivity index (χ4v) is 2.99. The second-order valence-corrected chi connectivity index (χ2v) is 6.03. The van der Waals surface area contributed by atoms with E-state index < -0.39 is 23.4 Å². The Labute approximate surface area is 144 Å². The monoisotopic (exact) mass is 342 g/mol. The molecule has 0 aromatic heterocycles. The smallest absolute Gasteiger partial charge is 0.343 e. The SMILES string of the molecule is CCOC(=O)C(CCCCN1CCCC1)(NC(C)=O)C(=O)OCC. The number of nitrogens with zero attached hydrogens (tertiary/aromatic N) is 1. The Kier molecular flexibility index (Phi) is 8.74. The number of likely N-dealkylation sites (tertiary alicyclic amines) is 1. The maximum atomic E-state index is 12.4. The predicted molar refractivity (Wildman–Crippen MR) is 89.3 cm³/mol. The van der Waals surface area contributed by atoms with Gasteiger partial charge in [0, 0.05) is 6.92 Å². The van der Waals surface area contributed by atoms with E-state index in [-0.39, 0.29) is 19.6 Å². The number of rotatable bonds is 10. The minimum Gasteiger partial charge on any atom is -0.464 e. The molecule has 0 spiro atoms. The lowest BCUT2D eigenvalue weighted by Gasteiger charge is -2.29. The minimum absolute atomic E-state index is 0.132. The number of amides is 1. The third kappa shape index (κ3) is 5.78. The second-order valence-electron chi connectivity index (χ2n) is 6.03. The van der Waals surface area contributed by atoms with Crippen LogP contribution in [0.1, 0.15) is 52.9 Å². The highest BCUT2D eigenvalue weighted by Crippen LogP contribution is 2.20. The Morgan fingerprint density at radius 3 is 2.00 bits per heavy atom. The van der Waals surface area contributed by atoms with E-state index in [1.807, 2.05) is 0 Å². The lowest BCUT2D eigenvalue weighted by molar-refractivity contribution is -0.168. The summed E-state index contributed by atoms with van der Waals surface area (Å²) in [5, 5.41) is 2.49. The quantitative estimate of drug-likeness (QED) is 0.365. The molecule has 24 heavy (non-hydrogen) atoms. The van der Waals surface area contributed by atoms with Crippen LogP contribution in [0.15, 0.2) is 0 Å². The molecule has 7 heteroatoms. The van der Waals surface area contributed by atoms with Gasteiger partial charge in [0.1, 0.15) is 0 Å². The Morgan fingerprint density at radius 1 is 1.00 bits per heavy atom. The molecule has 0 radical (unpaired) electrons. The summed E-state index contributed by atoms with van der Waals surface area (Å²) >= 11 is 0. The molecule has 0 aromatic rings. The number of unbranched alkanes of at least 4 members (excludes halogenated alkanes) is 1. The number of hydrogen-bond acceptors (Lipinski definition) is 6. The van der Waals surface area contributed by atoms with Crippen LogP contribution in [0.4, 0.5) is 0 Å². The van der Waals surface area contributed by atoms with Crippen LogP contribution in [-0.4, -0.2) is 61.1 Å². The van der Waals surface area contributed by atoms with Crippen molar-refractivity contribution in [2.24, 2.45) is 0 Å². The standard InChI is InChI=1S/C17H30N2O5/c1-4-23-15(21)17(18-14(3)20,16(22)24-5-2)10-6-7-11-19-12-8-9-13-19/h4-13H2,1-3H3,(H,18,20). The molecule has 1 rings (SSSR count). The van der Waals surface area contributed by atoms with Gasteiger partial charge in [-0.25, -0.2) is 9.59 Å². The Bertz CT molecular complexity index is 415. The molecule has 1 saturated heterocycles. The van der Waals surface area contributed by atoms with Crippen LogP contribution in [0.2, 0.25) is 0 Å². The van der Waals surface area contributed by atoms with Crippen molar-refractivity contribution in [2.75, 3.05) is 32.8 Å². The van der Waals surface area contributed by atoms with Gasteiger partial charge in [-0.3, -0.25) is 4.79 Å². The lowest BCUT2D eigenvalue weighted by Crippen LogP contribution is -2.61. The lowest BCUT2D eigenvalue weighted by atomic mass is 9.92. The first-order valence-corrected chi connectivity index (χ1v) is 8.81. The first kappa shape index (κ1) is 20.4. The van der Waals surface area contributed by atoms with E-state index in [0.717, 1.165) is 26.1 Å². The second kappa shape index (κ2) is 10.3. The first-order chi connectivity index (χ1) is 11.5. The third-order valence-electron chi connectivity index (χ3n) is 4.11. The minimum atomic E-state index is -1.75. The maximum absolute atomic E-state index is 12.4. The first-order valence-electron chi connectivity index (χ1n) is 8.81. The fourth-order valence-electron chi connectivity index (χ4n) is 2.99. The van der Waals surface area contributed by atoms with Crippen LogP contribution in [0, 0.1) is 0 Å². The van der Waals surface area contributed by atoms with Gasteiger partial charge >= 0.3 is 11.9 Å². The summed E-state index contributed by atoms with van der Waals surface area (Å²) in [4.78, 5) is 38.8. The largest absolute Gasteiger partial charge is 0.464 e. The van der Waals surface area contributed by atoms with E-state index in [0.29, 0.717) is 6.42 Å². The van der Waals surface area contributed by atoms with Crippen molar-refractivity contribution in [1.82, 2.24) is 10.2 Å². The highest BCUT2D eigenvalue weighted by Gasteiger charge is 2.49. The van der Waals surface area contributed by atoms with Gasteiger partial charge in [0.2, 0.25) is 11.4 Å². The van der Waals surface area contributed by atoms with Crippen molar-refractivity contribution >= 4 is 17.8 Å². The summed E-state index contributed by atoms with van der Waals surface area (Å²) in [5.41, 5.74) is -1.75. The molecule has 0 bridgehead atoms. The zero-order chi connectivity index (χ0) is 18.0. The maximum Gasteiger partial charge on any atom is 0.343 e. The molecule has 0 unspecified atom stereocenters. The molecule has 0 aromatic carbocycles. The van der Waals surface area contributed by atoms with E-state index in [2.05, 4.69) is 10.2 Å². The van der Waals surface area contributed by atoms with Crippen LogP contribution < -0.4 is 5.32 Å². The van der Waals surface area contributed by atoms with Gasteiger partial charge < -0.3 is 19.7 Å². The van der Waals surface area contributed by atoms with Crippen molar-refractivity contribution in [3.05, 3.63) is 0 Å². The fraction of sp³-hybridized carbons (Fsp3) is 0.824. The zero-order valence-corrected chi connectivity index (χ0v) is 15.1. The molecule has 1 aliphatic rings. The van der Waals surface area contributed by atoms with Gasteiger partial charge in [-0.2, -0.15) is 0 Å². The van der Waals surface area contributed by atoms with Gasteiger partial charge in [-0.15, -0.1) is 0 Å². The molecule has 1 fully saturated rings. The molecule has 138 valence electrons. The summed E-state index contributed by atoms with van der Waals surface area (Å²) in [6, 6.07) is 0. The van der Waals surface area contributed by atoms with E-state index in [9.17, 15) is 14.4 Å². The Morgan fingerprint density at radius 2 is 1.54 bits per heavy atom. The number of hydrogen-bond donors (Lipinski definition) is 1. The number of esters is 2. The Balaban J connectivity index is 2.76. The number of ether oxygens (including phenoxy) is 2. The van der Waals surface area contributed by atoms with Crippen LogP contribution in [-0.2, 0) is 23.9 Å². The van der Waals surface area contributed by atoms with Gasteiger partial charge in [-0.1, -0.05) is 0 Å². The summed E-state index contributed by atoms with van der Waals surface area (Å²) in [6.07, 6.45) is 4.09. The molecule has 0 saturated carbocycles. The average Bonchev–Trinajstić information content (AvgIpc) is 3.03. The van der Waals surface area contributed by atoms with Gasteiger partial charge in [0.05, 0.1) is 13.2 Å². The Hall–Kier alpha value is -1.63. The molecule has 1 heterocycles. The number of nitrogens with one attached hydrogen (secondary N) is 1. The van der Waals surface area contributed by atoms with Crippen molar-refractivity contribution in [3.63, 3.8) is 0 Å². The van der Waals surface area contributed by atoms with Gasteiger partial charge in [0.15, 0.2) is 0 Å². The number of carbonyl (C=O) groups excluding carboxylic acids is 3. The topological polar surface area (TPSA) is 84.9 Å². The molecular weight excluding hydrogens is 312 g/mol. The number of carbonyl (C=O) groups is 3. The molecule has 1 aliphatic heterocycles. The normalized spacial score (nSPS) is 15.1. The van der Waals surface area contributed by atoms with Crippen molar-refractivity contribution in [2.45, 2.75) is 58.4 Å². The van der Waals surface area contributed by atoms with Crippen LogP contribution in [0.5, 0.6) is 0 Å². The average molecular weight is 342 g/mol. The highest BCUT2D eigenvalue weighted by molar-refractivity contribution is 6.07. The molecular formula is C17H30N2O5. The molecule has 1 amide bonds. The zero-order valence-electron chi connectivity index (χ0n) is 15.1. The van der Waals surface area contributed by atoms with Gasteiger partial charge in [-0.05, 0) is 65.6 Å². The van der Waals surface area contributed by atoms with Crippen molar-refractivity contribution < 1.29 is 23.9 Å². The summed E-state index contributed by atoms with van der Waals surface area (Å²) in [5.74, 6) is -1.96. The van der Waals surface area contributed by atoms with E-state index in [4.69, 9.17) is 9.47 Å². The van der Waals surface area contributed by atoms with E-state index >= 15 is 0 Å². The summed E-state index contributed by atoms with van der Waals surface area (Å²) in [6.45, 7) is 8.00. The third-order valence-corrected chi connectivity index (χ3v) is 4.11. The van der Waals surface area contributed by atoms with E-state index in [1.165, 1.54) is 19.8 Å². The summed E-state index contributed by atoms with van der Waals surface area (Å²) in [7, 11) is 0. The van der Waals surface area contributed by atoms with Crippen LogP contribution in [0.25, 0.3) is 0 Å². The molecule has 7 nitrogen and oxygen atoms in total. The molecule has 1 N–H and O–H groups in total. The van der Waals surface area contributed by atoms with Gasteiger partial charge in [0.25, 0.3) is 0 Å². The van der Waals surface area contributed by atoms with Crippen molar-refractivity contribution in [1.29, 1.82) is 0 Å². The summed E-state index contributed by atoms with van der Waals surface area (Å²) < 4.78 is 10.1. The van der Waals surface area contributed by atoms with Crippen LogP contribution in [0.3, 0.4) is 0 Å². The van der Waals surface area contributed by atoms with Crippen LogP contribution >= 0.6 is 0 Å². The highest BCUT2D eigenvalue weighted by atomic mass is 16.6. The molecule has 0 atom stereocenters.